The summed E-state index contributed by atoms with van der Waals surface area (Å²) >= 11 is 0. The number of rotatable bonds is 6. The van der Waals surface area contributed by atoms with Gasteiger partial charge in [0.25, 0.3) is 0 Å². The van der Waals surface area contributed by atoms with Crippen LogP contribution < -0.4 is 5.73 Å². The molecule has 0 saturated carbocycles. The third-order valence-corrected chi connectivity index (χ3v) is 5.90. The summed E-state index contributed by atoms with van der Waals surface area (Å²) in [4.78, 5) is 4.91. The Hall–Kier alpha value is -4.17. The fourth-order valence-corrected chi connectivity index (χ4v) is 3.94. The van der Waals surface area contributed by atoms with Crippen molar-refractivity contribution in [2.45, 2.75) is 39.3 Å². The summed E-state index contributed by atoms with van der Waals surface area (Å²) < 4.78 is 1.99. The summed E-state index contributed by atoms with van der Waals surface area (Å²) in [5.74, 6) is 2.25. The van der Waals surface area contributed by atoms with Crippen LogP contribution >= 0.6 is 0 Å². The molecule has 0 bridgehead atoms. The second-order valence-corrected chi connectivity index (χ2v) is 9.55. The first kappa shape index (κ1) is 22.6. The lowest BCUT2D eigenvalue weighted by atomic mass is 9.96. The molecule has 0 amide bonds. The molecule has 2 heterocycles. The molecular weight excluding hydrogens is 436 g/mol. The molecule has 0 radical (unpaired) electrons. The highest BCUT2D eigenvalue weighted by molar-refractivity contribution is 5.80. The van der Waals surface area contributed by atoms with E-state index < -0.39 is 0 Å². The molecular formula is C27H28N8. The fourth-order valence-electron chi connectivity index (χ4n) is 3.94. The van der Waals surface area contributed by atoms with Gasteiger partial charge in [0.1, 0.15) is 0 Å². The van der Waals surface area contributed by atoms with E-state index in [-0.39, 0.29) is 5.41 Å². The second kappa shape index (κ2) is 9.23. The first-order valence-corrected chi connectivity index (χ1v) is 11.6. The Bertz CT molecular complexity index is 1410. The average Bonchev–Trinajstić information content (AvgIpc) is 3.55. The molecule has 35 heavy (non-hydrogen) atoms. The van der Waals surface area contributed by atoms with Crippen LogP contribution in [-0.4, -0.2) is 35.4 Å². The largest absolute Gasteiger partial charge is 0.326 e. The van der Waals surface area contributed by atoms with Crippen molar-refractivity contribution < 1.29 is 0 Å². The van der Waals surface area contributed by atoms with E-state index in [9.17, 15) is 0 Å². The predicted molar refractivity (Wildman–Crippen MR) is 136 cm³/mol. The van der Waals surface area contributed by atoms with Crippen LogP contribution in [0, 0.1) is 0 Å². The number of hydrogen-bond donors (Lipinski definition) is 2. The molecule has 0 aliphatic rings. The number of aromatic amines is 1. The minimum absolute atomic E-state index is 0.153. The molecule has 0 saturated heterocycles. The molecule has 5 aromatic rings. The zero-order valence-electron chi connectivity index (χ0n) is 20.1. The van der Waals surface area contributed by atoms with Crippen molar-refractivity contribution in [3.8, 4) is 33.9 Å². The molecule has 8 nitrogen and oxygen atoms in total. The maximum absolute atomic E-state index is 5.78. The van der Waals surface area contributed by atoms with Crippen molar-refractivity contribution in [3.05, 3.63) is 89.7 Å². The molecule has 0 aliphatic carbocycles. The van der Waals surface area contributed by atoms with Gasteiger partial charge >= 0.3 is 0 Å². The van der Waals surface area contributed by atoms with Crippen LogP contribution in [0.5, 0.6) is 0 Å². The number of aromatic nitrogens is 7. The summed E-state index contributed by atoms with van der Waals surface area (Å²) in [7, 11) is 0. The van der Waals surface area contributed by atoms with Crippen molar-refractivity contribution in [2.75, 3.05) is 0 Å². The van der Waals surface area contributed by atoms with Crippen LogP contribution in [0.15, 0.2) is 72.8 Å². The van der Waals surface area contributed by atoms with E-state index in [1.165, 1.54) is 0 Å². The molecule has 5 rings (SSSR count). The summed E-state index contributed by atoms with van der Waals surface area (Å²) in [6.45, 7) is 7.52. The summed E-state index contributed by atoms with van der Waals surface area (Å²) in [6, 6.07) is 24.8. The van der Waals surface area contributed by atoms with Gasteiger partial charge in [0.15, 0.2) is 11.6 Å². The number of nitrogens with two attached hydrogens (primary N) is 1. The summed E-state index contributed by atoms with van der Waals surface area (Å²) in [6.07, 6.45) is 0. The molecule has 0 atom stereocenters. The Labute approximate surface area is 204 Å². The topological polar surface area (TPSA) is 111 Å². The Kier molecular flexibility index (Phi) is 5.96. The van der Waals surface area contributed by atoms with E-state index in [1.54, 1.807) is 0 Å². The third-order valence-electron chi connectivity index (χ3n) is 5.90. The normalized spacial score (nSPS) is 11.7. The van der Waals surface area contributed by atoms with E-state index in [0.717, 1.165) is 45.0 Å². The minimum Gasteiger partial charge on any atom is -0.326 e. The SMILES string of the molecule is CC(C)(C)c1nc(-c2ccc(CN)cc2)n(Cc2ccc(-c3ccccc3-c3nn[nH]n3)cc2)n1. The third kappa shape index (κ3) is 4.74. The van der Waals surface area contributed by atoms with E-state index in [4.69, 9.17) is 15.8 Å². The maximum atomic E-state index is 5.78. The molecule has 8 heteroatoms. The lowest BCUT2D eigenvalue weighted by molar-refractivity contribution is 0.533. The van der Waals surface area contributed by atoms with Crippen molar-refractivity contribution >= 4 is 0 Å². The number of tetrazole rings is 1. The second-order valence-electron chi connectivity index (χ2n) is 9.55. The molecule has 0 spiro atoms. The standard InChI is InChI=1S/C27H28N8/c1-27(2,3)26-29-25(21-14-8-18(16-28)9-15-21)35(32-26)17-19-10-12-20(13-11-19)22-6-4-5-7-23(22)24-30-33-34-31-24/h4-15H,16-17,28H2,1-3H3,(H,30,31,33,34). The predicted octanol–water partition coefficient (Wildman–Crippen LogP) is 4.60. The number of benzene rings is 3. The molecule has 0 fully saturated rings. The maximum Gasteiger partial charge on any atom is 0.205 e. The quantitative estimate of drug-likeness (QED) is 0.380. The number of H-pyrrole nitrogens is 1. The zero-order chi connectivity index (χ0) is 24.4. The number of nitrogens with zero attached hydrogens (tertiary/aromatic N) is 6. The lowest BCUT2D eigenvalue weighted by Gasteiger charge is -2.12. The highest BCUT2D eigenvalue weighted by atomic mass is 15.5. The van der Waals surface area contributed by atoms with Crippen molar-refractivity contribution in [1.29, 1.82) is 0 Å². The van der Waals surface area contributed by atoms with Gasteiger partial charge in [-0.2, -0.15) is 10.3 Å². The average molecular weight is 465 g/mol. The highest BCUT2D eigenvalue weighted by Crippen LogP contribution is 2.30. The first-order valence-electron chi connectivity index (χ1n) is 11.6. The summed E-state index contributed by atoms with van der Waals surface area (Å²) in [5.41, 5.74) is 11.9. The number of nitrogens with one attached hydrogen (secondary N) is 1. The Morgan fingerprint density at radius 1 is 0.829 bits per heavy atom. The minimum atomic E-state index is -0.153. The van der Waals surface area contributed by atoms with Crippen molar-refractivity contribution in [2.24, 2.45) is 5.73 Å². The number of hydrogen-bond acceptors (Lipinski definition) is 6. The van der Waals surface area contributed by atoms with Gasteiger partial charge in [-0.1, -0.05) is 93.6 Å². The first-order chi connectivity index (χ1) is 16.9. The molecule has 2 aromatic heterocycles. The van der Waals surface area contributed by atoms with E-state index in [1.807, 2.05) is 35.0 Å². The summed E-state index contributed by atoms with van der Waals surface area (Å²) in [5, 5.41) is 19.4. The van der Waals surface area contributed by atoms with Crippen LogP contribution in [-0.2, 0) is 18.5 Å². The Morgan fingerprint density at radius 3 is 2.11 bits per heavy atom. The van der Waals surface area contributed by atoms with Crippen LogP contribution in [0.2, 0.25) is 0 Å². The van der Waals surface area contributed by atoms with Gasteiger partial charge in [-0.05, 0) is 27.5 Å². The van der Waals surface area contributed by atoms with Gasteiger partial charge in [0.05, 0.1) is 6.54 Å². The van der Waals surface area contributed by atoms with Crippen LogP contribution in [0.3, 0.4) is 0 Å². The van der Waals surface area contributed by atoms with Gasteiger partial charge < -0.3 is 5.73 Å². The van der Waals surface area contributed by atoms with Gasteiger partial charge in [-0.15, -0.1) is 10.2 Å². The highest BCUT2D eigenvalue weighted by Gasteiger charge is 2.22. The monoisotopic (exact) mass is 464 g/mol. The molecule has 3 aromatic carbocycles. The fraction of sp³-hybridized carbons (Fsp3) is 0.222. The van der Waals surface area contributed by atoms with Gasteiger partial charge in [0.2, 0.25) is 5.82 Å². The van der Waals surface area contributed by atoms with Gasteiger partial charge in [-0.3, -0.25) is 0 Å². The van der Waals surface area contributed by atoms with Crippen molar-refractivity contribution in [1.82, 2.24) is 35.4 Å². The van der Waals surface area contributed by atoms with Crippen molar-refractivity contribution in [3.63, 3.8) is 0 Å². The molecule has 176 valence electrons. The van der Waals surface area contributed by atoms with E-state index >= 15 is 0 Å². The van der Waals surface area contributed by atoms with E-state index in [2.05, 4.69) is 83.9 Å². The van der Waals surface area contributed by atoms with Gasteiger partial charge in [0, 0.05) is 23.1 Å². The molecule has 0 aliphatic heterocycles. The van der Waals surface area contributed by atoms with Gasteiger partial charge in [-0.25, -0.2) is 9.67 Å². The van der Waals surface area contributed by atoms with E-state index in [0.29, 0.717) is 18.9 Å². The molecule has 3 N–H and O–H groups in total. The zero-order valence-corrected chi connectivity index (χ0v) is 20.1. The van der Waals surface area contributed by atoms with Crippen LogP contribution in [0.1, 0.15) is 37.7 Å². The van der Waals surface area contributed by atoms with Crippen LogP contribution in [0.25, 0.3) is 33.9 Å². The molecule has 0 unspecified atom stereocenters. The Morgan fingerprint density at radius 2 is 1.49 bits per heavy atom. The Balaban J connectivity index is 1.47. The van der Waals surface area contributed by atoms with Crippen LogP contribution in [0.4, 0.5) is 0 Å². The smallest absolute Gasteiger partial charge is 0.205 e. The lowest BCUT2D eigenvalue weighted by Crippen LogP contribution is -2.14.